The minimum absolute atomic E-state index is 0.146. The van der Waals surface area contributed by atoms with Gasteiger partial charge in [0.1, 0.15) is 12.2 Å². The normalized spacial score (nSPS) is 22.8. The molecular weight excluding hydrogens is 242 g/mol. The largest absolute Gasteiger partial charge is 0.279 e. The zero-order valence-electron chi connectivity index (χ0n) is 9.76. The van der Waals surface area contributed by atoms with Crippen LogP contribution in [0.3, 0.4) is 0 Å². The van der Waals surface area contributed by atoms with Crippen LogP contribution in [-0.2, 0) is 16.8 Å². The van der Waals surface area contributed by atoms with Crippen molar-refractivity contribution < 1.29 is 8.42 Å². The molecule has 0 spiro atoms. The van der Waals surface area contributed by atoms with Crippen LogP contribution in [0.25, 0.3) is 0 Å². The van der Waals surface area contributed by atoms with Gasteiger partial charge in [-0.15, -0.1) is 0 Å². The van der Waals surface area contributed by atoms with Gasteiger partial charge in [0.15, 0.2) is 0 Å². The summed E-state index contributed by atoms with van der Waals surface area (Å²) in [5, 5.41) is 6.28. The van der Waals surface area contributed by atoms with E-state index in [0.717, 1.165) is 12.8 Å². The summed E-state index contributed by atoms with van der Waals surface area (Å²) in [6, 6.07) is 0. The van der Waals surface area contributed by atoms with Crippen molar-refractivity contribution in [2.45, 2.75) is 26.3 Å². The number of rotatable bonds is 4. The maximum atomic E-state index is 12.0. The van der Waals surface area contributed by atoms with Gasteiger partial charge in [-0.05, 0) is 18.8 Å². The van der Waals surface area contributed by atoms with Crippen molar-refractivity contribution in [3.8, 4) is 0 Å². The third kappa shape index (κ3) is 3.24. The molecule has 1 aliphatic heterocycles. The highest BCUT2D eigenvalue weighted by molar-refractivity contribution is 7.87. The van der Waals surface area contributed by atoms with Crippen LogP contribution < -0.4 is 4.72 Å². The Labute approximate surface area is 101 Å². The first kappa shape index (κ1) is 12.5. The van der Waals surface area contributed by atoms with E-state index in [1.54, 1.807) is 0 Å². The average Bonchev–Trinajstić information content (AvgIpc) is 2.79. The monoisotopic (exact) mass is 259 g/mol. The molecule has 1 fully saturated rings. The van der Waals surface area contributed by atoms with Gasteiger partial charge in [-0.1, -0.05) is 6.92 Å². The van der Waals surface area contributed by atoms with Crippen LogP contribution in [0.5, 0.6) is 0 Å². The lowest BCUT2D eigenvalue weighted by Gasteiger charge is -2.29. The van der Waals surface area contributed by atoms with Crippen molar-refractivity contribution in [1.82, 2.24) is 24.2 Å². The highest BCUT2D eigenvalue weighted by atomic mass is 32.2. The first-order valence-electron chi connectivity index (χ1n) is 5.67. The topological polar surface area (TPSA) is 91.0 Å². The molecule has 0 aromatic carbocycles. The van der Waals surface area contributed by atoms with Gasteiger partial charge in [-0.2, -0.15) is 22.5 Å². The zero-order valence-corrected chi connectivity index (χ0v) is 10.6. The molecule has 0 aliphatic carbocycles. The van der Waals surface area contributed by atoms with E-state index < -0.39 is 10.2 Å². The van der Waals surface area contributed by atoms with E-state index in [1.165, 1.54) is 10.6 Å². The van der Waals surface area contributed by atoms with Crippen molar-refractivity contribution in [2.75, 3.05) is 13.1 Å². The van der Waals surface area contributed by atoms with E-state index in [2.05, 4.69) is 26.8 Å². The van der Waals surface area contributed by atoms with Crippen molar-refractivity contribution in [3.63, 3.8) is 0 Å². The summed E-state index contributed by atoms with van der Waals surface area (Å²) in [6.07, 6.45) is 3.37. The minimum Gasteiger partial charge on any atom is -0.262 e. The van der Waals surface area contributed by atoms with Crippen LogP contribution in [-0.4, -0.2) is 41.0 Å². The summed E-state index contributed by atoms with van der Waals surface area (Å²) in [5.74, 6) is 0.934. The Hall–Kier alpha value is -0.990. The van der Waals surface area contributed by atoms with Crippen LogP contribution in [0.15, 0.2) is 6.33 Å². The van der Waals surface area contributed by atoms with Crippen LogP contribution in [0.2, 0.25) is 0 Å². The lowest BCUT2D eigenvalue weighted by Crippen LogP contribution is -2.45. The Morgan fingerprint density at radius 2 is 2.47 bits per heavy atom. The second-order valence-electron chi connectivity index (χ2n) is 4.36. The summed E-state index contributed by atoms with van der Waals surface area (Å²) in [4.78, 5) is 3.87. The van der Waals surface area contributed by atoms with Crippen LogP contribution in [0, 0.1) is 5.92 Å². The summed E-state index contributed by atoms with van der Waals surface area (Å²) in [5.41, 5.74) is 0. The molecule has 7 nitrogen and oxygen atoms in total. The summed E-state index contributed by atoms with van der Waals surface area (Å²) in [7, 11) is -3.40. The molecule has 96 valence electrons. The maximum absolute atomic E-state index is 12.0. The van der Waals surface area contributed by atoms with E-state index in [4.69, 9.17) is 0 Å². The molecule has 1 atom stereocenters. The number of nitrogens with one attached hydrogen (secondary N) is 2. The number of hydrogen-bond acceptors (Lipinski definition) is 4. The smallest absolute Gasteiger partial charge is 0.262 e. The number of nitrogens with zero attached hydrogens (tertiary/aromatic N) is 3. The standard InChI is InChI=1S/C9H17N5O2S/c1-8-3-2-4-14(6-8)17(15,16)12-5-9-10-7-11-13-9/h7-8,12H,2-6H2,1H3,(H,10,11,13). The fourth-order valence-corrected chi connectivity index (χ4v) is 3.25. The quantitative estimate of drug-likeness (QED) is 0.788. The van der Waals surface area contributed by atoms with Gasteiger partial charge in [-0.3, -0.25) is 5.10 Å². The second kappa shape index (κ2) is 5.11. The molecule has 0 radical (unpaired) electrons. The molecule has 8 heteroatoms. The second-order valence-corrected chi connectivity index (χ2v) is 6.12. The van der Waals surface area contributed by atoms with E-state index >= 15 is 0 Å². The predicted octanol–water partition coefficient (Wildman–Crippen LogP) is -0.129. The molecule has 0 bridgehead atoms. The Bertz CT molecular complexity index is 444. The van der Waals surface area contributed by atoms with Gasteiger partial charge in [0.05, 0.1) is 6.54 Å². The first-order chi connectivity index (χ1) is 8.08. The van der Waals surface area contributed by atoms with Crippen LogP contribution in [0.1, 0.15) is 25.6 Å². The highest BCUT2D eigenvalue weighted by Gasteiger charge is 2.26. The Balaban J connectivity index is 1.94. The van der Waals surface area contributed by atoms with E-state index in [-0.39, 0.29) is 6.54 Å². The van der Waals surface area contributed by atoms with Crippen molar-refractivity contribution in [2.24, 2.45) is 5.92 Å². The molecule has 1 aromatic heterocycles. The fraction of sp³-hybridized carbons (Fsp3) is 0.778. The van der Waals surface area contributed by atoms with Gasteiger partial charge in [0, 0.05) is 13.1 Å². The Kier molecular flexibility index (Phi) is 3.75. The molecule has 17 heavy (non-hydrogen) atoms. The number of H-pyrrole nitrogens is 1. The molecule has 0 amide bonds. The Morgan fingerprint density at radius 3 is 3.12 bits per heavy atom. The summed E-state index contributed by atoms with van der Waals surface area (Å²) >= 11 is 0. The third-order valence-corrected chi connectivity index (χ3v) is 4.37. The SMILES string of the molecule is CC1CCCN(S(=O)(=O)NCc2ncn[nH]2)C1. The minimum atomic E-state index is -3.40. The third-order valence-electron chi connectivity index (χ3n) is 2.85. The zero-order chi connectivity index (χ0) is 12.3. The van der Waals surface area contributed by atoms with E-state index in [9.17, 15) is 8.42 Å². The molecule has 2 rings (SSSR count). The van der Waals surface area contributed by atoms with Crippen LogP contribution >= 0.6 is 0 Å². The molecule has 2 heterocycles. The van der Waals surface area contributed by atoms with E-state index in [0.29, 0.717) is 24.8 Å². The van der Waals surface area contributed by atoms with Gasteiger partial charge in [0.25, 0.3) is 10.2 Å². The van der Waals surface area contributed by atoms with Gasteiger partial charge >= 0.3 is 0 Å². The van der Waals surface area contributed by atoms with Crippen molar-refractivity contribution in [1.29, 1.82) is 0 Å². The molecule has 1 saturated heterocycles. The number of piperidine rings is 1. The number of aromatic nitrogens is 3. The van der Waals surface area contributed by atoms with Crippen LogP contribution in [0.4, 0.5) is 0 Å². The summed E-state index contributed by atoms with van der Waals surface area (Å²) in [6.45, 7) is 3.40. The van der Waals surface area contributed by atoms with Gasteiger partial charge in [-0.25, -0.2) is 4.98 Å². The molecule has 2 N–H and O–H groups in total. The van der Waals surface area contributed by atoms with Crippen molar-refractivity contribution >= 4 is 10.2 Å². The predicted molar refractivity (Wildman–Crippen MR) is 62.1 cm³/mol. The number of aromatic amines is 1. The van der Waals surface area contributed by atoms with Gasteiger partial charge < -0.3 is 0 Å². The molecular formula is C9H17N5O2S. The molecule has 1 aromatic rings. The maximum Gasteiger partial charge on any atom is 0.279 e. The van der Waals surface area contributed by atoms with E-state index in [1.807, 2.05) is 0 Å². The lowest BCUT2D eigenvalue weighted by molar-refractivity contribution is 0.278. The number of hydrogen-bond donors (Lipinski definition) is 2. The molecule has 0 saturated carbocycles. The molecule has 1 unspecified atom stereocenters. The summed E-state index contributed by atoms with van der Waals surface area (Å²) < 4.78 is 28.0. The fourth-order valence-electron chi connectivity index (χ4n) is 1.93. The Morgan fingerprint density at radius 1 is 1.65 bits per heavy atom. The average molecular weight is 259 g/mol. The highest BCUT2D eigenvalue weighted by Crippen LogP contribution is 2.17. The van der Waals surface area contributed by atoms with Crippen molar-refractivity contribution in [3.05, 3.63) is 12.2 Å². The van der Waals surface area contributed by atoms with Gasteiger partial charge in [0.2, 0.25) is 0 Å². The lowest BCUT2D eigenvalue weighted by atomic mass is 10.0. The molecule has 1 aliphatic rings. The first-order valence-corrected chi connectivity index (χ1v) is 7.11.